The molecule has 0 aliphatic heterocycles. The van der Waals surface area contributed by atoms with E-state index in [9.17, 15) is 9.59 Å². The Balaban J connectivity index is 2.12. The first-order chi connectivity index (χ1) is 12.4. The number of benzene rings is 2. The number of nitrogens with one attached hydrogen (secondary N) is 1. The first-order valence-electron chi connectivity index (χ1n) is 8.04. The molecule has 0 aromatic heterocycles. The van der Waals surface area contributed by atoms with Crippen LogP contribution in [-0.2, 0) is 16.1 Å². The minimum Gasteiger partial charge on any atom is -0.484 e. The SMILES string of the molecule is CNC(=O)[C@H](C)N(Cc1cccc(Cl)c1)C(=O)COc1ccc(Cl)cc1. The van der Waals surface area contributed by atoms with Gasteiger partial charge in [-0.25, -0.2) is 0 Å². The van der Waals surface area contributed by atoms with Gasteiger partial charge in [-0.15, -0.1) is 0 Å². The zero-order chi connectivity index (χ0) is 19.1. The van der Waals surface area contributed by atoms with Crippen LogP contribution in [0.3, 0.4) is 0 Å². The number of carbonyl (C=O) groups excluding carboxylic acids is 2. The Morgan fingerprint density at radius 2 is 1.81 bits per heavy atom. The number of nitrogens with zero attached hydrogens (tertiary/aromatic N) is 1. The van der Waals surface area contributed by atoms with Crippen molar-refractivity contribution < 1.29 is 14.3 Å². The molecule has 0 spiro atoms. The third-order valence-electron chi connectivity index (χ3n) is 3.83. The maximum Gasteiger partial charge on any atom is 0.261 e. The molecule has 0 radical (unpaired) electrons. The van der Waals surface area contributed by atoms with Gasteiger partial charge in [0.05, 0.1) is 0 Å². The molecule has 0 aliphatic carbocycles. The van der Waals surface area contributed by atoms with Crippen LogP contribution in [0.4, 0.5) is 0 Å². The lowest BCUT2D eigenvalue weighted by atomic mass is 10.1. The van der Waals surface area contributed by atoms with Crippen molar-refractivity contribution in [3.63, 3.8) is 0 Å². The zero-order valence-corrected chi connectivity index (χ0v) is 16.1. The molecule has 5 nitrogen and oxygen atoms in total. The van der Waals surface area contributed by atoms with E-state index in [2.05, 4.69) is 5.32 Å². The van der Waals surface area contributed by atoms with Crippen molar-refractivity contribution in [2.45, 2.75) is 19.5 Å². The Labute approximate surface area is 162 Å². The van der Waals surface area contributed by atoms with Gasteiger partial charge in [-0.05, 0) is 48.9 Å². The number of carbonyl (C=O) groups is 2. The van der Waals surface area contributed by atoms with Gasteiger partial charge in [-0.1, -0.05) is 35.3 Å². The maximum absolute atomic E-state index is 12.7. The van der Waals surface area contributed by atoms with Crippen LogP contribution in [0.15, 0.2) is 48.5 Å². The average molecular weight is 395 g/mol. The molecule has 0 heterocycles. The number of ether oxygens (including phenoxy) is 1. The Morgan fingerprint density at radius 1 is 1.12 bits per heavy atom. The van der Waals surface area contributed by atoms with Gasteiger partial charge in [-0.2, -0.15) is 0 Å². The fourth-order valence-corrected chi connectivity index (χ4v) is 2.72. The lowest BCUT2D eigenvalue weighted by Crippen LogP contribution is -2.48. The number of likely N-dealkylation sites (N-methyl/N-ethyl adjacent to an activating group) is 1. The van der Waals surface area contributed by atoms with Crippen molar-refractivity contribution in [1.29, 1.82) is 0 Å². The highest BCUT2D eigenvalue weighted by Gasteiger charge is 2.25. The van der Waals surface area contributed by atoms with E-state index >= 15 is 0 Å². The highest BCUT2D eigenvalue weighted by molar-refractivity contribution is 6.30. The Kier molecular flexibility index (Phi) is 7.30. The number of amides is 2. The summed E-state index contributed by atoms with van der Waals surface area (Å²) in [5, 5.41) is 3.72. The summed E-state index contributed by atoms with van der Waals surface area (Å²) in [5.74, 6) is -0.0408. The second kappa shape index (κ2) is 9.46. The third-order valence-corrected chi connectivity index (χ3v) is 4.32. The normalized spacial score (nSPS) is 11.5. The molecule has 0 bridgehead atoms. The van der Waals surface area contributed by atoms with Crippen LogP contribution < -0.4 is 10.1 Å². The fourth-order valence-electron chi connectivity index (χ4n) is 2.38. The smallest absolute Gasteiger partial charge is 0.261 e. The zero-order valence-electron chi connectivity index (χ0n) is 14.5. The van der Waals surface area contributed by atoms with E-state index in [4.69, 9.17) is 27.9 Å². The summed E-state index contributed by atoms with van der Waals surface area (Å²) in [6.07, 6.45) is 0. The quantitative estimate of drug-likeness (QED) is 0.780. The molecule has 2 rings (SSSR count). The van der Waals surface area contributed by atoms with Crippen LogP contribution in [0, 0.1) is 0 Å². The standard InChI is InChI=1S/C19H20Cl2N2O3/c1-13(19(25)22-2)23(11-14-4-3-5-16(21)10-14)18(24)12-26-17-8-6-15(20)7-9-17/h3-10,13H,11-12H2,1-2H3,(H,22,25)/t13-/m0/s1. The molecule has 2 amide bonds. The summed E-state index contributed by atoms with van der Waals surface area (Å²) in [4.78, 5) is 26.2. The topological polar surface area (TPSA) is 58.6 Å². The average Bonchev–Trinajstić information content (AvgIpc) is 2.64. The Hall–Kier alpha value is -2.24. The predicted molar refractivity (Wildman–Crippen MR) is 102 cm³/mol. The third kappa shape index (κ3) is 5.64. The van der Waals surface area contributed by atoms with Gasteiger partial charge in [0.25, 0.3) is 5.91 Å². The molecule has 2 aromatic carbocycles. The van der Waals surface area contributed by atoms with Crippen LogP contribution in [-0.4, -0.2) is 36.4 Å². The van der Waals surface area contributed by atoms with E-state index < -0.39 is 6.04 Å². The van der Waals surface area contributed by atoms with Crippen LogP contribution in [0.2, 0.25) is 10.0 Å². The second-order valence-corrected chi connectivity index (χ2v) is 6.56. The highest BCUT2D eigenvalue weighted by atomic mass is 35.5. The lowest BCUT2D eigenvalue weighted by molar-refractivity contribution is -0.142. The van der Waals surface area contributed by atoms with Crippen molar-refractivity contribution in [1.82, 2.24) is 10.2 Å². The summed E-state index contributed by atoms with van der Waals surface area (Å²) < 4.78 is 5.52. The van der Waals surface area contributed by atoms with Crippen molar-refractivity contribution >= 4 is 35.0 Å². The largest absolute Gasteiger partial charge is 0.484 e. The van der Waals surface area contributed by atoms with Gasteiger partial charge >= 0.3 is 0 Å². The minimum atomic E-state index is -0.653. The first kappa shape index (κ1) is 20.1. The van der Waals surface area contributed by atoms with Gasteiger partial charge in [0, 0.05) is 23.6 Å². The number of hydrogen-bond acceptors (Lipinski definition) is 3. The monoisotopic (exact) mass is 394 g/mol. The second-order valence-electron chi connectivity index (χ2n) is 5.68. The molecule has 0 aliphatic rings. The van der Waals surface area contributed by atoms with Crippen LogP contribution in [0.5, 0.6) is 5.75 Å². The van der Waals surface area contributed by atoms with E-state index in [1.54, 1.807) is 49.4 Å². The number of rotatable bonds is 7. The van der Waals surface area contributed by atoms with Crippen LogP contribution in [0.1, 0.15) is 12.5 Å². The molecule has 1 atom stereocenters. The van der Waals surface area contributed by atoms with Gasteiger partial charge in [0.1, 0.15) is 11.8 Å². The molecule has 7 heteroatoms. The summed E-state index contributed by atoms with van der Waals surface area (Å²) in [7, 11) is 1.53. The fraction of sp³-hybridized carbons (Fsp3) is 0.263. The Morgan fingerprint density at radius 3 is 2.42 bits per heavy atom. The van der Waals surface area contributed by atoms with E-state index in [1.165, 1.54) is 11.9 Å². The molecule has 0 saturated carbocycles. The molecular weight excluding hydrogens is 375 g/mol. The van der Waals surface area contributed by atoms with Crippen LogP contribution in [0.25, 0.3) is 0 Å². The van der Waals surface area contributed by atoms with E-state index in [1.807, 2.05) is 6.07 Å². The van der Waals surface area contributed by atoms with E-state index in [-0.39, 0.29) is 25.0 Å². The van der Waals surface area contributed by atoms with Crippen molar-refractivity contribution in [2.24, 2.45) is 0 Å². The highest BCUT2D eigenvalue weighted by Crippen LogP contribution is 2.17. The van der Waals surface area contributed by atoms with Crippen molar-refractivity contribution in [3.8, 4) is 5.75 Å². The summed E-state index contributed by atoms with van der Waals surface area (Å²) in [6, 6.07) is 13.2. The number of hydrogen-bond donors (Lipinski definition) is 1. The first-order valence-corrected chi connectivity index (χ1v) is 8.80. The minimum absolute atomic E-state index is 0.191. The molecule has 26 heavy (non-hydrogen) atoms. The molecule has 0 saturated heterocycles. The Bertz CT molecular complexity index is 766. The van der Waals surface area contributed by atoms with Gasteiger partial charge in [-0.3, -0.25) is 9.59 Å². The van der Waals surface area contributed by atoms with E-state index in [0.717, 1.165) is 5.56 Å². The number of halogens is 2. The van der Waals surface area contributed by atoms with Gasteiger partial charge in [0.2, 0.25) is 5.91 Å². The van der Waals surface area contributed by atoms with Gasteiger partial charge < -0.3 is 15.0 Å². The maximum atomic E-state index is 12.7. The van der Waals surface area contributed by atoms with Crippen molar-refractivity contribution in [2.75, 3.05) is 13.7 Å². The van der Waals surface area contributed by atoms with Crippen molar-refractivity contribution in [3.05, 3.63) is 64.1 Å². The molecule has 138 valence electrons. The summed E-state index contributed by atoms with van der Waals surface area (Å²) in [5.41, 5.74) is 0.827. The lowest BCUT2D eigenvalue weighted by Gasteiger charge is -2.28. The molecule has 0 fully saturated rings. The molecule has 1 N–H and O–H groups in total. The summed E-state index contributed by atoms with van der Waals surface area (Å²) in [6.45, 7) is 1.73. The molecular formula is C19H20Cl2N2O3. The van der Waals surface area contributed by atoms with Crippen LogP contribution >= 0.6 is 23.2 Å². The summed E-state index contributed by atoms with van der Waals surface area (Å²) >= 11 is 11.8. The molecule has 2 aromatic rings. The van der Waals surface area contributed by atoms with E-state index in [0.29, 0.717) is 15.8 Å². The predicted octanol–water partition coefficient (Wildman–Crippen LogP) is 3.54. The van der Waals surface area contributed by atoms with Gasteiger partial charge in [0.15, 0.2) is 6.61 Å². The molecule has 0 unspecified atom stereocenters.